The molecule has 0 aromatic heterocycles. The minimum absolute atomic E-state index is 0.159. The number of hydrogen-bond donors (Lipinski definition) is 1. The molecule has 0 spiro atoms. The van der Waals surface area contributed by atoms with Crippen LogP contribution in [0.3, 0.4) is 0 Å². The first-order valence-corrected chi connectivity index (χ1v) is 9.14. The lowest BCUT2D eigenvalue weighted by Gasteiger charge is -2.23. The summed E-state index contributed by atoms with van der Waals surface area (Å²) >= 11 is 1.90. The van der Waals surface area contributed by atoms with E-state index in [0.29, 0.717) is 0 Å². The van der Waals surface area contributed by atoms with E-state index in [0.717, 1.165) is 19.5 Å². The van der Waals surface area contributed by atoms with Gasteiger partial charge in [-0.1, -0.05) is 75.0 Å². The number of benzene rings is 2. The summed E-state index contributed by atoms with van der Waals surface area (Å²) < 4.78 is 0. The van der Waals surface area contributed by atoms with Crippen molar-refractivity contribution in [3.05, 3.63) is 65.7 Å². The summed E-state index contributed by atoms with van der Waals surface area (Å²) in [6.45, 7) is 8.91. The molecule has 120 valence electrons. The van der Waals surface area contributed by atoms with Crippen molar-refractivity contribution in [3.63, 3.8) is 0 Å². The average molecular weight is 324 g/mol. The Kier molecular flexibility index (Phi) is 4.93. The van der Waals surface area contributed by atoms with Gasteiger partial charge >= 0.3 is 0 Å². The summed E-state index contributed by atoms with van der Waals surface area (Å²) in [6, 6.07) is 17.6. The molecule has 0 bridgehead atoms. The summed E-state index contributed by atoms with van der Waals surface area (Å²) in [5.74, 6) is 0. The van der Waals surface area contributed by atoms with Gasteiger partial charge < -0.3 is 5.32 Å². The van der Waals surface area contributed by atoms with E-state index in [1.165, 1.54) is 26.5 Å². The molecule has 0 atom stereocenters. The maximum absolute atomic E-state index is 3.40. The van der Waals surface area contributed by atoms with Crippen molar-refractivity contribution < 1.29 is 0 Å². The van der Waals surface area contributed by atoms with Crippen LogP contribution < -0.4 is 5.32 Å². The topological polar surface area (TPSA) is 12.0 Å². The summed E-state index contributed by atoms with van der Waals surface area (Å²) in [6.07, 6.45) is 3.44. The highest BCUT2D eigenvalue weighted by atomic mass is 32.2. The predicted molar refractivity (Wildman–Crippen MR) is 101 cm³/mol. The molecule has 3 rings (SSSR count). The van der Waals surface area contributed by atoms with Crippen molar-refractivity contribution in [3.8, 4) is 0 Å². The van der Waals surface area contributed by atoms with E-state index in [2.05, 4.69) is 80.7 Å². The molecule has 2 aromatic rings. The SMILES string of the molecule is CC(C)(C)c1ccccc1Sc1ccccc1C1=CCNCC1. The quantitative estimate of drug-likeness (QED) is 0.799. The maximum Gasteiger partial charge on any atom is 0.0197 e. The zero-order valence-electron chi connectivity index (χ0n) is 14.2. The fraction of sp³-hybridized carbons (Fsp3) is 0.333. The van der Waals surface area contributed by atoms with E-state index in [1.54, 1.807) is 0 Å². The van der Waals surface area contributed by atoms with Gasteiger partial charge in [-0.25, -0.2) is 0 Å². The van der Waals surface area contributed by atoms with Gasteiger partial charge in [-0.05, 0) is 47.2 Å². The van der Waals surface area contributed by atoms with Crippen LogP contribution in [0.4, 0.5) is 0 Å². The van der Waals surface area contributed by atoms with Crippen molar-refractivity contribution in [2.75, 3.05) is 13.1 Å². The molecule has 2 heteroatoms. The average Bonchev–Trinajstić information content (AvgIpc) is 2.56. The lowest BCUT2D eigenvalue weighted by molar-refractivity contribution is 0.578. The molecule has 1 aliphatic heterocycles. The van der Waals surface area contributed by atoms with Crippen LogP contribution in [0.2, 0.25) is 0 Å². The standard InChI is InChI=1S/C21H25NS/c1-21(2,3)18-9-5-7-11-20(18)23-19-10-6-4-8-17(19)16-12-14-22-15-13-16/h4-12,22H,13-15H2,1-3H3. The molecule has 0 radical (unpaired) electrons. The molecule has 1 heterocycles. The molecule has 2 aromatic carbocycles. The highest BCUT2D eigenvalue weighted by Crippen LogP contribution is 2.39. The Morgan fingerprint density at radius 2 is 1.61 bits per heavy atom. The van der Waals surface area contributed by atoms with Crippen LogP contribution in [-0.4, -0.2) is 13.1 Å². The largest absolute Gasteiger partial charge is 0.313 e. The molecule has 0 fully saturated rings. The second-order valence-electron chi connectivity index (χ2n) is 7.03. The van der Waals surface area contributed by atoms with Crippen molar-refractivity contribution in [1.29, 1.82) is 0 Å². The van der Waals surface area contributed by atoms with Crippen LogP contribution in [0.25, 0.3) is 5.57 Å². The monoisotopic (exact) mass is 323 g/mol. The van der Waals surface area contributed by atoms with Gasteiger partial charge in [0.15, 0.2) is 0 Å². The zero-order valence-corrected chi connectivity index (χ0v) is 15.0. The smallest absolute Gasteiger partial charge is 0.0197 e. The van der Waals surface area contributed by atoms with Gasteiger partial charge in [0.1, 0.15) is 0 Å². The molecule has 1 N–H and O–H groups in total. The van der Waals surface area contributed by atoms with Crippen molar-refractivity contribution in [1.82, 2.24) is 5.32 Å². The Morgan fingerprint density at radius 1 is 0.913 bits per heavy atom. The van der Waals surface area contributed by atoms with Gasteiger partial charge in [0.05, 0.1) is 0 Å². The summed E-state index contributed by atoms with van der Waals surface area (Å²) in [4.78, 5) is 2.72. The summed E-state index contributed by atoms with van der Waals surface area (Å²) in [7, 11) is 0. The second kappa shape index (κ2) is 6.94. The van der Waals surface area contributed by atoms with E-state index in [-0.39, 0.29) is 5.41 Å². The van der Waals surface area contributed by atoms with Crippen LogP contribution in [0, 0.1) is 0 Å². The third kappa shape index (κ3) is 3.88. The van der Waals surface area contributed by atoms with Gasteiger partial charge in [0.2, 0.25) is 0 Å². The van der Waals surface area contributed by atoms with E-state index in [4.69, 9.17) is 0 Å². The fourth-order valence-electron chi connectivity index (χ4n) is 2.98. The zero-order chi connectivity index (χ0) is 16.3. The molecule has 23 heavy (non-hydrogen) atoms. The Bertz CT molecular complexity index is 710. The van der Waals surface area contributed by atoms with Crippen LogP contribution in [0.1, 0.15) is 38.3 Å². The fourth-order valence-corrected chi connectivity index (χ4v) is 4.31. The minimum atomic E-state index is 0.159. The second-order valence-corrected chi connectivity index (χ2v) is 8.11. The predicted octanol–water partition coefficient (Wildman–Crippen LogP) is 5.51. The number of nitrogens with one attached hydrogen (secondary N) is 1. The van der Waals surface area contributed by atoms with Crippen molar-refractivity contribution >= 4 is 17.3 Å². The molecule has 0 unspecified atom stereocenters. The first-order valence-electron chi connectivity index (χ1n) is 8.32. The lowest BCUT2D eigenvalue weighted by Crippen LogP contribution is -2.20. The summed E-state index contributed by atoms with van der Waals surface area (Å²) in [5.41, 5.74) is 4.44. The molecule has 1 nitrogen and oxygen atoms in total. The first kappa shape index (κ1) is 16.4. The van der Waals surface area contributed by atoms with Crippen LogP contribution in [-0.2, 0) is 5.41 Å². The molecule has 0 saturated heterocycles. The molecule has 0 aliphatic carbocycles. The van der Waals surface area contributed by atoms with E-state index < -0.39 is 0 Å². The van der Waals surface area contributed by atoms with E-state index in [9.17, 15) is 0 Å². The first-order chi connectivity index (χ1) is 11.1. The highest BCUT2D eigenvalue weighted by Gasteiger charge is 2.19. The van der Waals surface area contributed by atoms with Crippen molar-refractivity contribution in [2.45, 2.75) is 42.4 Å². The van der Waals surface area contributed by atoms with Crippen LogP contribution >= 0.6 is 11.8 Å². The molecular weight excluding hydrogens is 298 g/mol. The molecule has 0 saturated carbocycles. The van der Waals surface area contributed by atoms with Crippen LogP contribution in [0.15, 0.2) is 64.4 Å². The Balaban J connectivity index is 1.97. The summed E-state index contributed by atoms with van der Waals surface area (Å²) in [5, 5.41) is 3.40. The number of hydrogen-bond acceptors (Lipinski definition) is 2. The molecule has 1 aliphatic rings. The third-order valence-electron chi connectivity index (χ3n) is 4.21. The van der Waals surface area contributed by atoms with E-state index >= 15 is 0 Å². The van der Waals surface area contributed by atoms with Gasteiger partial charge in [0, 0.05) is 16.3 Å². The van der Waals surface area contributed by atoms with Gasteiger partial charge in [-0.15, -0.1) is 0 Å². The van der Waals surface area contributed by atoms with Crippen molar-refractivity contribution in [2.24, 2.45) is 0 Å². The third-order valence-corrected chi connectivity index (χ3v) is 5.36. The normalized spacial score (nSPS) is 15.3. The Hall–Kier alpha value is -1.51. The Labute approximate surface area is 144 Å². The highest BCUT2D eigenvalue weighted by molar-refractivity contribution is 7.99. The van der Waals surface area contributed by atoms with Crippen LogP contribution in [0.5, 0.6) is 0 Å². The van der Waals surface area contributed by atoms with E-state index in [1.807, 2.05) is 11.8 Å². The van der Waals surface area contributed by atoms with Gasteiger partial charge in [-0.2, -0.15) is 0 Å². The number of rotatable bonds is 3. The van der Waals surface area contributed by atoms with Gasteiger partial charge in [-0.3, -0.25) is 0 Å². The lowest BCUT2D eigenvalue weighted by atomic mass is 9.87. The molecular formula is C21H25NS. The molecule has 0 amide bonds. The maximum atomic E-state index is 3.40. The Morgan fingerprint density at radius 3 is 2.30 bits per heavy atom. The van der Waals surface area contributed by atoms with Gasteiger partial charge in [0.25, 0.3) is 0 Å². The minimum Gasteiger partial charge on any atom is -0.313 e.